The van der Waals surface area contributed by atoms with Crippen molar-refractivity contribution >= 4 is 17.7 Å². The highest BCUT2D eigenvalue weighted by molar-refractivity contribution is 7.99. The van der Waals surface area contributed by atoms with E-state index in [2.05, 4.69) is 37.4 Å². The van der Waals surface area contributed by atoms with Crippen LogP contribution in [0.4, 0.5) is 0 Å². The first-order valence-corrected chi connectivity index (χ1v) is 9.30. The predicted octanol–water partition coefficient (Wildman–Crippen LogP) is 3.87. The number of ether oxygens (including phenoxy) is 2. The highest BCUT2D eigenvalue weighted by Crippen LogP contribution is 2.27. The normalized spacial score (nSPS) is 10.4. The SMILES string of the molecule is COc1ccc(CNC(=O)CSCc2cc(C)cc(C)c2)cc1OC. The van der Waals surface area contributed by atoms with E-state index in [1.165, 1.54) is 16.7 Å². The van der Waals surface area contributed by atoms with Gasteiger partial charge in [-0.1, -0.05) is 35.4 Å². The van der Waals surface area contributed by atoms with Crippen molar-refractivity contribution in [3.8, 4) is 11.5 Å². The summed E-state index contributed by atoms with van der Waals surface area (Å²) in [6.07, 6.45) is 0. The van der Waals surface area contributed by atoms with E-state index in [4.69, 9.17) is 9.47 Å². The van der Waals surface area contributed by atoms with Gasteiger partial charge in [0.2, 0.25) is 5.91 Å². The summed E-state index contributed by atoms with van der Waals surface area (Å²) in [7, 11) is 3.20. The molecule has 2 rings (SSSR count). The largest absolute Gasteiger partial charge is 0.493 e. The van der Waals surface area contributed by atoms with E-state index in [0.717, 1.165) is 11.3 Å². The van der Waals surface area contributed by atoms with Crippen LogP contribution in [0.2, 0.25) is 0 Å². The molecule has 0 heterocycles. The van der Waals surface area contributed by atoms with Crippen molar-refractivity contribution in [2.24, 2.45) is 0 Å². The third-order valence-corrected chi connectivity index (χ3v) is 4.72. The summed E-state index contributed by atoms with van der Waals surface area (Å²) in [5.74, 6) is 2.66. The minimum Gasteiger partial charge on any atom is -0.493 e. The molecule has 5 heteroatoms. The second-order valence-corrected chi connectivity index (χ2v) is 6.94. The molecule has 1 amide bonds. The first-order valence-electron chi connectivity index (χ1n) is 8.14. The molecule has 0 saturated carbocycles. The van der Waals surface area contributed by atoms with E-state index in [1.54, 1.807) is 26.0 Å². The van der Waals surface area contributed by atoms with Crippen molar-refractivity contribution < 1.29 is 14.3 Å². The van der Waals surface area contributed by atoms with Crippen LogP contribution in [0, 0.1) is 13.8 Å². The van der Waals surface area contributed by atoms with Crippen molar-refractivity contribution in [2.45, 2.75) is 26.1 Å². The molecule has 0 unspecified atom stereocenters. The van der Waals surface area contributed by atoms with Crippen LogP contribution in [-0.2, 0) is 17.1 Å². The van der Waals surface area contributed by atoms with Gasteiger partial charge in [0.1, 0.15) is 0 Å². The second kappa shape index (κ2) is 9.37. The van der Waals surface area contributed by atoms with Crippen LogP contribution in [0.1, 0.15) is 22.3 Å². The topological polar surface area (TPSA) is 47.6 Å². The number of hydrogen-bond donors (Lipinski definition) is 1. The van der Waals surface area contributed by atoms with Gasteiger partial charge in [-0.05, 0) is 37.1 Å². The van der Waals surface area contributed by atoms with Gasteiger partial charge in [-0.2, -0.15) is 0 Å². The molecule has 0 spiro atoms. The zero-order valence-corrected chi connectivity index (χ0v) is 16.0. The number of carbonyl (C=O) groups excluding carboxylic acids is 1. The number of aryl methyl sites for hydroxylation is 2. The smallest absolute Gasteiger partial charge is 0.230 e. The van der Waals surface area contributed by atoms with E-state index in [0.29, 0.717) is 23.8 Å². The van der Waals surface area contributed by atoms with Crippen molar-refractivity contribution in [1.29, 1.82) is 0 Å². The lowest BCUT2D eigenvalue weighted by Gasteiger charge is -2.10. The molecule has 0 aliphatic rings. The van der Waals surface area contributed by atoms with E-state index in [-0.39, 0.29) is 5.91 Å². The Morgan fingerprint density at radius 2 is 1.64 bits per heavy atom. The number of hydrogen-bond acceptors (Lipinski definition) is 4. The van der Waals surface area contributed by atoms with Gasteiger partial charge < -0.3 is 14.8 Å². The summed E-state index contributed by atoms with van der Waals surface area (Å²) < 4.78 is 10.5. The number of benzene rings is 2. The van der Waals surface area contributed by atoms with E-state index in [1.807, 2.05) is 18.2 Å². The lowest BCUT2D eigenvalue weighted by Crippen LogP contribution is -2.24. The van der Waals surface area contributed by atoms with Crippen molar-refractivity contribution in [2.75, 3.05) is 20.0 Å². The first kappa shape index (κ1) is 19.2. The van der Waals surface area contributed by atoms with Crippen molar-refractivity contribution in [1.82, 2.24) is 5.32 Å². The molecule has 2 aromatic rings. The van der Waals surface area contributed by atoms with Crippen LogP contribution in [-0.4, -0.2) is 25.9 Å². The zero-order valence-electron chi connectivity index (χ0n) is 15.2. The Hall–Kier alpha value is -2.14. The average molecular weight is 359 g/mol. The van der Waals surface area contributed by atoms with Crippen LogP contribution < -0.4 is 14.8 Å². The molecule has 134 valence electrons. The Balaban J connectivity index is 1.79. The lowest BCUT2D eigenvalue weighted by atomic mass is 10.1. The zero-order chi connectivity index (χ0) is 18.2. The standard InChI is InChI=1S/C20H25NO3S/c1-14-7-15(2)9-17(8-14)12-25-13-20(22)21-11-16-5-6-18(23-3)19(10-16)24-4/h5-10H,11-13H2,1-4H3,(H,21,22). The van der Waals surface area contributed by atoms with Gasteiger partial charge in [0.05, 0.1) is 20.0 Å². The summed E-state index contributed by atoms with van der Waals surface area (Å²) >= 11 is 1.62. The number of thioether (sulfide) groups is 1. The Morgan fingerprint density at radius 1 is 0.960 bits per heavy atom. The maximum absolute atomic E-state index is 12.0. The molecular formula is C20H25NO3S. The summed E-state index contributed by atoms with van der Waals surface area (Å²) in [4.78, 5) is 12.0. The maximum Gasteiger partial charge on any atom is 0.230 e. The number of rotatable bonds is 8. The van der Waals surface area contributed by atoms with Crippen LogP contribution >= 0.6 is 11.8 Å². The number of methoxy groups -OCH3 is 2. The molecule has 0 aromatic heterocycles. The van der Waals surface area contributed by atoms with Crippen LogP contribution in [0.5, 0.6) is 11.5 Å². The van der Waals surface area contributed by atoms with Gasteiger partial charge in [-0.15, -0.1) is 11.8 Å². The Morgan fingerprint density at radius 3 is 2.28 bits per heavy atom. The summed E-state index contributed by atoms with van der Waals surface area (Å²) in [6, 6.07) is 12.1. The fraction of sp³-hybridized carbons (Fsp3) is 0.350. The average Bonchev–Trinajstić information content (AvgIpc) is 2.58. The number of amides is 1. The molecule has 0 fully saturated rings. The van der Waals surface area contributed by atoms with Gasteiger partial charge in [-0.25, -0.2) is 0 Å². The molecule has 2 aromatic carbocycles. The molecule has 0 aliphatic carbocycles. The number of carbonyl (C=O) groups is 1. The molecule has 1 N–H and O–H groups in total. The van der Waals surface area contributed by atoms with Crippen LogP contribution in [0.25, 0.3) is 0 Å². The molecule has 25 heavy (non-hydrogen) atoms. The molecule has 0 bridgehead atoms. The Bertz CT molecular complexity index is 711. The summed E-state index contributed by atoms with van der Waals surface area (Å²) in [5, 5.41) is 2.94. The number of nitrogens with one attached hydrogen (secondary N) is 1. The molecule has 4 nitrogen and oxygen atoms in total. The fourth-order valence-corrected chi connectivity index (χ4v) is 3.45. The quantitative estimate of drug-likeness (QED) is 0.777. The Kier molecular flexibility index (Phi) is 7.19. The molecule has 0 saturated heterocycles. The first-order chi connectivity index (χ1) is 12.0. The van der Waals surface area contributed by atoms with E-state index in [9.17, 15) is 4.79 Å². The Labute approximate surface area is 153 Å². The van der Waals surface area contributed by atoms with Gasteiger partial charge in [-0.3, -0.25) is 4.79 Å². The summed E-state index contributed by atoms with van der Waals surface area (Å²) in [6.45, 7) is 4.66. The van der Waals surface area contributed by atoms with Crippen LogP contribution in [0.15, 0.2) is 36.4 Å². The minimum atomic E-state index is 0.0316. The van der Waals surface area contributed by atoms with Crippen LogP contribution in [0.3, 0.4) is 0 Å². The molecule has 0 atom stereocenters. The van der Waals surface area contributed by atoms with Gasteiger partial charge >= 0.3 is 0 Å². The van der Waals surface area contributed by atoms with Gasteiger partial charge in [0, 0.05) is 12.3 Å². The van der Waals surface area contributed by atoms with Gasteiger partial charge in [0.15, 0.2) is 11.5 Å². The molecule has 0 aliphatic heterocycles. The lowest BCUT2D eigenvalue weighted by molar-refractivity contribution is -0.118. The van der Waals surface area contributed by atoms with E-state index >= 15 is 0 Å². The second-order valence-electron chi connectivity index (χ2n) is 5.95. The van der Waals surface area contributed by atoms with Gasteiger partial charge in [0.25, 0.3) is 0 Å². The highest BCUT2D eigenvalue weighted by atomic mass is 32.2. The fourth-order valence-electron chi connectivity index (χ4n) is 2.66. The third kappa shape index (κ3) is 6.02. The predicted molar refractivity (Wildman–Crippen MR) is 103 cm³/mol. The monoisotopic (exact) mass is 359 g/mol. The molecular weight excluding hydrogens is 334 g/mol. The summed E-state index contributed by atoms with van der Waals surface area (Å²) in [5.41, 5.74) is 4.75. The highest BCUT2D eigenvalue weighted by Gasteiger charge is 2.07. The van der Waals surface area contributed by atoms with Crippen molar-refractivity contribution in [3.05, 3.63) is 58.7 Å². The van der Waals surface area contributed by atoms with Crippen molar-refractivity contribution in [3.63, 3.8) is 0 Å². The van der Waals surface area contributed by atoms with E-state index < -0.39 is 0 Å². The minimum absolute atomic E-state index is 0.0316. The third-order valence-electron chi connectivity index (χ3n) is 3.72. The maximum atomic E-state index is 12.0. The molecule has 0 radical (unpaired) electrons.